The van der Waals surface area contributed by atoms with E-state index in [1.807, 2.05) is 31.2 Å². The lowest BCUT2D eigenvalue weighted by atomic mass is 10.1. The maximum Gasteiger partial charge on any atom is 0.317 e. The number of carbonyl (C=O) groups excluding carboxylic acids is 1. The molecule has 0 spiro atoms. The summed E-state index contributed by atoms with van der Waals surface area (Å²) in [6, 6.07) is 7.62. The topological polar surface area (TPSA) is 80.5 Å². The van der Waals surface area contributed by atoms with Crippen LogP contribution in [-0.2, 0) is 0 Å². The first-order chi connectivity index (χ1) is 11.7. The van der Waals surface area contributed by atoms with Gasteiger partial charge in [-0.25, -0.2) is 4.79 Å². The Morgan fingerprint density at radius 3 is 2.75 bits per heavy atom. The molecule has 2 aromatic rings. The smallest absolute Gasteiger partial charge is 0.317 e. The summed E-state index contributed by atoms with van der Waals surface area (Å²) in [5, 5.41) is 6.81. The second kappa shape index (κ2) is 6.14. The van der Waals surface area contributed by atoms with Crippen LogP contribution in [0.4, 0.5) is 4.79 Å². The first-order valence-electron chi connectivity index (χ1n) is 8.36. The maximum absolute atomic E-state index is 11.6. The summed E-state index contributed by atoms with van der Waals surface area (Å²) in [4.78, 5) is 17.8. The van der Waals surface area contributed by atoms with E-state index >= 15 is 0 Å². The van der Waals surface area contributed by atoms with E-state index in [2.05, 4.69) is 15.5 Å². The fraction of sp³-hybridized carbons (Fsp3) is 0.471. The Hall–Kier alpha value is -2.57. The van der Waals surface area contributed by atoms with E-state index in [-0.39, 0.29) is 12.1 Å². The highest BCUT2D eigenvalue weighted by Gasteiger charge is 2.32. The third-order valence-electron chi connectivity index (χ3n) is 4.25. The number of urea groups is 1. The van der Waals surface area contributed by atoms with E-state index < -0.39 is 0 Å². The summed E-state index contributed by atoms with van der Waals surface area (Å²) >= 11 is 0. The molecule has 1 saturated heterocycles. The number of aromatic nitrogens is 2. The lowest BCUT2D eigenvalue weighted by Crippen LogP contribution is -2.58. The summed E-state index contributed by atoms with van der Waals surface area (Å²) in [6.07, 6.45) is 2.33. The van der Waals surface area contributed by atoms with Crippen LogP contribution in [0.15, 0.2) is 28.8 Å². The van der Waals surface area contributed by atoms with Crippen LogP contribution < -0.4 is 10.1 Å². The van der Waals surface area contributed by atoms with Gasteiger partial charge in [-0.1, -0.05) is 5.16 Å². The zero-order chi connectivity index (χ0) is 16.5. The average Bonchev–Trinajstić information content (AvgIpc) is 3.29. The van der Waals surface area contributed by atoms with E-state index in [1.54, 1.807) is 4.90 Å². The summed E-state index contributed by atoms with van der Waals surface area (Å²) in [7, 11) is 0. The molecule has 0 bridgehead atoms. The van der Waals surface area contributed by atoms with Crippen molar-refractivity contribution in [3.63, 3.8) is 0 Å². The molecule has 2 fully saturated rings. The highest BCUT2D eigenvalue weighted by molar-refractivity contribution is 5.75. The molecule has 1 aliphatic carbocycles. The van der Waals surface area contributed by atoms with Gasteiger partial charge in [0.15, 0.2) is 0 Å². The van der Waals surface area contributed by atoms with Crippen LogP contribution in [-0.4, -0.2) is 46.8 Å². The van der Waals surface area contributed by atoms with Crippen molar-refractivity contribution in [3.05, 3.63) is 30.2 Å². The Kier molecular flexibility index (Phi) is 3.84. The minimum Gasteiger partial charge on any atom is -0.487 e. The van der Waals surface area contributed by atoms with Gasteiger partial charge in [0, 0.05) is 18.0 Å². The number of hydrogen-bond donors (Lipinski definition) is 1. The van der Waals surface area contributed by atoms with Crippen molar-refractivity contribution in [3.8, 4) is 17.1 Å². The zero-order valence-corrected chi connectivity index (χ0v) is 13.6. The summed E-state index contributed by atoms with van der Waals surface area (Å²) in [5.41, 5.74) is 0.913. The van der Waals surface area contributed by atoms with E-state index in [1.165, 1.54) is 0 Å². The SMILES string of the molecule is CCNC(=O)N1CC(Oc2ccc(-c3noc(C4CC4)n3)cc2)C1. The molecule has 2 aliphatic rings. The molecule has 2 heterocycles. The molecule has 0 radical (unpaired) electrons. The highest BCUT2D eigenvalue weighted by atomic mass is 16.5. The molecule has 7 heteroatoms. The van der Waals surface area contributed by atoms with Crippen LogP contribution in [0.5, 0.6) is 5.75 Å². The number of nitrogens with zero attached hydrogens (tertiary/aromatic N) is 3. The third-order valence-corrected chi connectivity index (χ3v) is 4.25. The van der Waals surface area contributed by atoms with Gasteiger partial charge in [0.05, 0.1) is 13.1 Å². The fourth-order valence-corrected chi connectivity index (χ4v) is 2.67. The fourth-order valence-electron chi connectivity index (χ4n) is 2.67. The van der Waals surface area contributed by atoms with Crippen molar-refractivity contribution in [1.29, 1.82) is 0 Å². The number of nitrogens with one attached hydrogen (secondary N) is 1. The average molecular weight is 328 g/mol. The molecule has 1 aliphatic heterocycles. The third kappa shape index (κ3) is 3.06. The standard InChI is InChI=1S/C17H20N4O3/c1-2-18-17(22)21-9-14(10-21)23-13-7-5-11(6-8-13)15-19-16(24-20-15)12-3-4-12/h5-8,12,14H,2-4,9-10H2,1H3,(H,18,22). The molecule has 1 N–H and O–H groups in total. The number of amides is 2. The molecule has 1 aromatic heterocycles. The van der Waals surface area contributed by atoms with Gasteiger partial charge < -0.3 is 19.5 Å². The number of likely N-dealkylation sites (tertiary alicyclic amines) is 1. The van der Waals surface area contributed by atoms with Gasteiger partial charge >= 0.3 is 6.03 Å². The minimum atomic E-state index is -0.0312. The molecule has 24 heavy (non-hydrogen) atoms. The van der Waals surface area contributed by atoms with E-state index in [0.717, 1.165) is 30.0 Å². The molecular formula is C17H20N4O3. The van der Waals surface area contributed by atoms with Gasteiger partial charge in [0.25, 0.3) is 0 Å². The van der Waals surface area contributed by atoms with Crippen LogP contribution >= 0.6 is 0 Å². The lowest BCUT2D eigenvalue weighted by Gasteiger charge is -2.38. The number of benzene rings is 1. The van der Waals surface area contributed by atoms with Crippen LogP contribution in [0, 0.1) is 0 Å². The summed E-state index contributed by atoms with van der Waals surface area (Å²) in [5.74, 6) is 2.60. The first-order valence-corrected chi connectivity index (χ1v) is 8.36. The second-order valence-electron chi connectivity index (χ2n) is 6.24. The molecule has 4 rings (SSSR count). The first kappa shape index (κ1) is 15.0. The number of hydrogen-bond acceptors (Lipinski definition) is 5. The van der Waals surface area contributed by atoms with E-state index in [9.17, 15) is 4.79 Å². The van der Waals surface area contributed by atoms with Gasteiger partial charge in [0.1, 0.15) is 11.9 Å². The molecule has 7 nitrogen and oxygen atoms in total. The van der Waals surface area contributed by atoms with Gasteiger partial charge in [-0.3, -0.25) is 0 Å². The predicted octanol–water partition coefficient (Wildman–Crippen LogP) is 2.41. The largest absolute Gasteiger partial charge is 0.487 e. The second-order valence-corrected chi connectivity index (χ2v) is 6.24. The molecular weight excluding hydrogens is 308 g/mol. The number of carbonyl (C=O) groups is 1. The van der Waals surface area contributed by atoms with Crippen molar-refractivity contribution in [2.24, 2.45) is 0 Å². The monoisotopic (exact) mass is 328 g/mol. The van der Waals surface area contributed by atoms with Crippen LogP contribution in [0.1, 0.15) is 31.6 Å². The van der Waals surface area contributed by atoms with Crippen molar-refractivity contribution in [1.82, 2.24) is 20.4 Å². The van der Waals surface area contributed by atoms with Gasteiger partial charge in [-0.2, -0.15) is 4.98 Å². The Labute approximate surface area is 140 Å². The number of ether oxygens (including phenoxy) is 1. The normalized spacial score (nSPS) is 17.5. The van der Waals surface area contributed by atoms with E-state index in [4.69, 9.17) is 9.26 Å². The van der Waals surface area contributed by atoms with Crippen molar-refractivity contribution >= 4 is 6.03 Å². The van der Waals surface area contributed by atoms with Crippen LogP contribution in [0.2, 0.25) is 0 Å². The molecule has 1 saturated carbocycles. The van der Waals surface area contributed by atoms with Crippen molar-refractivity contribution in [2.75, 3.05) is 19.6 Å². The maximum atomic E-state index is 11.6. The molecule has 2 amide bonds. The lowest BCUT2D eigenvalue weighted by molar-refractivity contribution is 0.0447. The molecule has 0 atom stereocenters. The Balaban J connectivity index is 1.32. The van der Waals surface area contributed by atoms with Crippen LogP contribution in [0.3, 0.4) is 0 Å². The predicted molar refractivity (Wildman–Crippen MR) is 86.8 cm³/mol. The van der Waals surface area contributed by atoms with E-state index in [0.29, 0.717) is 31.4 Å². The molecule has 126 valence electrons. The van der Waals surface area contributed by atoms with Gasteiger partial charge in [0.2, 0.25) is 11.7 Å². The zero-order valence-electron chi connectivity index (χ0n) is 13.6. The number of rotatable bonds is 5. The van der Waals surface area contributed by atoms with Gasteiger partial charge in [-0.05, 0) is 44.0 Å². The van der Waals surface area contributed by atoms with Crippen LogP contribution in [0.25, 0.3) is 11.4 Å². The molecule has 1 aromatic carbocycles. The van der Waals surface area contributed by atoms with Crippen molar-refractivity contribution < 1.29 is 14.1 Å². The Morgan fingerprint density at radius 1 is 1.33 bits per heavy atom. The molecule has 0 unspecified atom stereocenters. The summed E-state index contributed by atoms with van der Waals surface area (Å²) < 4.78 is 11.1. The quantitative estimate of drug-likeness (QED) is 0.911. The Morgan fingerprint density at radius 2 is 2.08 bits per heavy atom. The Bertz CT molecular complexity index is 718. The van der Waals surface area contributed by atoms with Gasteiger partial charge in [-0.15, -0.1) is 0 Å². The summed E-state index contributed by atoms with van der Waals surface area (Å²) in [6.45, 7) is 3.78. The highest BCUT2D eigenvalue weighted by Crippen LogP contribution is 2.39. The van der Waals surface area contributed by atoms with Crippen molar-refractivity contribution in [2.45, 2.75) is 31.8 Å². The minimum absolute atomic E-state index is 0.0312.